The van der Waals surface area contributed by atoms with Gasteiger partial charge in [0, 0.05) is 0 Å². The van der Waals surface area contributed by atoms with Gasteiger partial charge in [0.25, 0.3) is 0 Å². The average Bonchev–Trinajstić information content (AvgIpc) is 3.20. The first-order chi connectivity index (χ1) is 28.0. The van der Waals surface area contributed by atoms with E-state index < -0.39 is 18.2 Å². The fourth-order valence-electron chi connectivity index (χ4n) is 7.50. The zero-order chi connectivity index (χ0) is 41.5. The third-order valence-corrected chi connectivity index (χ3v) is 11.3. The molecule has 4 N–H and O–H groups in total. The van der Waals surface area contributed by atoms with E-state index in [0.29, 0.717) is 6.42 Å². The van der Waals surface area contributed by atoms with Gasteiger partial charge in [0.15, 0.2) is 0 Å². The molecule has 0 radical (unpaired) electrons. The Bertz CT molecular complexity index is 927. The van der Waals surface area contributed by atoms with Gasteiger partial charge in [0.05, 0.1) is 31.3 Å². The summed E-state index contributed by atoms with van der Waals surface area (Å²) in [5.41, 5.74) is 0. The van der Waals surface area contributed by atoms with Crippen molar-refractivity contribution >= 4 is 5.91 Å². The minimum atomic E-state index is -0.952. The molecule has 334 valence electrons. The van der Waals surface area contributed by atoms with E-state index in [9.17, 15) is 20.1 Å². The van der Waals surface area contributed by atoms with Crippen molar-refractivity contribution < 1.29 is 20.1 Å². The van der Waals surface area contributed by atoms with Crippen LogP contribution in [0.3, 0.4) is 0 Å². The lowest BCUT2D eigenvalue weighted by atomic mass is 10.0. The highest BCUT2D eigenvalue weighted by Gasteiger charge is 2.20. The fraction of sp³-hybridized carbons (Fsp3) is 0.827. The highest BCUT2D eigenvalue weighted by atomic mass is 16.3. The third kappa shape index (κ3) is 43.7. The van der Waals surface area contributed by atoms with E-state index in [-0.39, 0.29) is 18.9 Å². The second kappa shape index (κ2) is 47.0. The number of unbranched alkanes of at least 4 members (excludes halogenated alkanes) is 30. The topological polar surface area (TPSA) is 89.8 Å². The van der Waals surface area contributed by atoms with Crippen LogP contribution in [-0.2, 0) is 4.79 Å². The second-order valence-corrected chi connectivity index (χ2v) is 17.1. The molecule has 5 nitrogen and oxygen atoms in total. The second-order valence-electron chi connectivity index (χ2n) is 17.1. The lowest BCUT2D eigenvalue weighted by Gasteiger charge is -2.21. The molecule has 1 amide bonds. The number of carbonyl (C=O) groups is 1. The number of carbonyl (C=O) groups excluding carboxylic acids is 1. The van der Waals surface area contributed by atoms with Gasteiger partial charge in [0.1, 0.15) is 0 Å². The van der Waals surface area contributed by atoms with Crippen LogP contribution in [0, 0.1) is 0 Å². The van der Waals surface area contributed by atoms with Gasteiger partial charge in [-0.25, -0.2) is 0 Å². The van der Waals surface area contributed by atoms with Crippen LogP contribution in [0.25, 0.3) is 0 Å². The van der Waals surface area contributed by atoms with Gasteiger partial charge in [-0.3, -0.25) is 4.79 Å². The summed E-state index contributed by atoms with van der Waals surface area (Å²) in [6, 6.07) is -0.761. The summed E-state index contributed by atoms with van der Waals surface area (Å²) in [6.45, 7) is 4.19. The zero-order valence-electron chi connectivity index (χ0n) is 38.0. The normalized spacial score (nSPS) is 13.8. The monoisotopic (exact) mass is 800 g/mol. The van der Waals surface area contributed by atoms with E-state index in [1.165, 1.54) is 186 Å². The summed E-state index contributed by atoms with van der Waals surface area (Å²) < 4.78 is 0. The minimum absolute atomic E-state index is 0.00483. The molecule has 0 aliphatic carbocycles. The predicted molar refractivity (Wildman–Crippen MR) is 250 cm³/mol. The smallest absolute Gasteiger partial charge is 0.222 e. The lowest BCUT2D eigenvalue weighted by Crippen LogP contribution is -2.45. The maximum atomic E-state index is 12.4. The Kier molecular flexibility index (Phi) is 45.6. The van der Waals surface area contributed by atoms with Crippen molar-refractivity contribution in [2.24, 2.45) is 0 Å². The Balaban J connectivity index is 3.59. The van der Waals surface area contributed by atoms with Crippen molar-refractivity contribution in [2.75, 3.05) is 6.61 Å². The molecule has 0 bridgehead atoms. The number of nitrogens with one attached hydrogen (secondary N) is 1. The van der Waals surface area contributed by atoms with Gasteiger partial charge >= 0.3 is 0 Å². The standard InChI is InChI=1S/C52H97NO4/c1-3-5-7-9-11-13-15-17-18-19-20-21-22-23-24-25-26-27-28-29-30-31-32-34-35-37-39-41-43-45-49(55)47-52(57)53-50(48-54)51(56)46-44-42-40-38-36-33-16-14-12-10-8-6-4-2/h20-21,23-24,36,38,44,46,49-51,54-56H,3-19,22,25-35,37,39-43,45,47-48H2,1-2H3,(H,53,57)/b21-20-,24-23-,38-36+,46-44+. The molecule has 3 unspecified atom stereocenters. The summed E-state index contributed by atoms with van der Waals surface area (Å²) in [4.78, 5) is 12.4. The van der Waals surface area contributed by atoms with Gasteiger partial charge in [-0.2, -0.15) is 0 Å². The maximum absolute atomic E-state index is 12.4. The Morgan fingerprint density at radius 3 is 1.23 bits per heavy atom. The quantitative estimate of drug-likeness (QED) is 0.0365. The molecule has 0 fully saturated rings. The molecule has 0 saturated heterocycles. The van der Waals surface area contributed by atoms with E-state index in [0.717, 1.165) is 38.5 Å². The highest BCUT2D eigenvalue weighted by Crippen LogP contribution is 2.16. The number of hydrogen-bond acceptors (Lipinski definition) is 4. The minimum Gasteiger partial charge on any atom is -0.394 e. The Labute approximate surface area is 355 Å². The van der Waals surface area contributed by atoms with Gasteiger partial charge in [0.2, 0.25) is 5.91 Å². The summed E-state index contributed by atoms with van der Waals surface area (Å²) >= 11 is 0. The molecule has 0 rings (SSSR count). The molecule has 0 saturated carbocycles. The molecule has 0 aromatic carbocycles. The maximum Gasteiger partial charge on any atom is 0.222 e. The zero-order valence-corrected chi connectivity index (χ0v) is 38.0. The van der Waals surface area contributed by atoms with Crippen LogP contribution in [0.1, 0.15) is 251 Å². The Morgan fingerprint density at radius 2 is 0.807 bits per heavy atom. The molecular weight excluding hydrogens is 703 g/mol. The molecule has 57 heavy (non-hydrogen) atoms. The molecule has 5 heteroatoms. The van der Waals surface area contributed by atoms with E-state index in [1.54, 1.807) is 6.08 Å². The number of aliphatic hydroxyl groups is 3. The van der Waals surface area contributed by atoms with Crippen molar-refractivity contribution in [3.8, 4) is 0 Å². The first-order valence-corrected chi connectivity index (χ1v) is 24.9. The number of rotatable bonds is 45. The van der Waals surface area contributed by atoms with Crippen LogP contribution in [-0.4, -0.2) is 46.1 Å². The van der Waals surface area contributed by atoms with Gasteiger partial charge in [-0.05, 0) is 64.2 Å². The summed E-state index contributed by atoms with van der Waals surface area (Å²) in [7, 11) is 0. The van der Waals surface area contributed by atoms with E-state index in [1.807, 2.05) is 6.08 Å². The molecule has 0 heterocycles. The summed E-state index contributed by atoms with van der Waals surface area (Å²) in [5.74, 6) is -0.326. The molecule has 0 aromatic rings. The number of amides is 1. The molecule has 0 aliphatic heterocycles. The molecule has 3 atom stereocenters. The van der Waals surface area contributed by atoms with Crippen molar-refractivity contribution in [1.29, 1.82) is 0 Å². The molecule has 0 spiro atoms. The lowest BCUT2D eigenvalue weighted by molar-refractivity contribution is -0.124. The van der Waals surface area contributed by atoms with Crippen molar-refractivity contribution in [3.63, 3.8) is 0 Å². The number of hydrogen-bond donors (Lipinski definition) is 4. The molecule has 0 aromatic heterocycles. The molecular formula is C52H97NO4. The average molecular weight is 800 g/mol. The Morgan fingerprint density at radius 1 is 0.456 bits per heavy atom. The number of aliphatic hydroxyl groups excluding tert-OH is 3. The van der Waals surface area contributed by atoms with Gasteiger partial charge in [-0.15, -0.1) is 0 Å². The largest absolute Gasteiger partial charge is 0.394 e. The SMILES string of the molecule is CCCCCCCCC/C=C/CC/C=C/C(O)C(CO)NC(=O)CC(O)CCCCCCCCCCCCCCC/C=C\C/C=C\CCCCCCCCCCC. The first-order valence-electron chi connectivity index (χ1n) is 24.9. The third-order valence-electron chi connectivity index (χ3n) is 11.3. The van der Waals surface area contributed by atoms with Crippen LogP contribution in [0.2, 0.25) is 0 Å². The van der Waals surface area contributed by atoms with Gasteiger partial charge < -0.3 is 20.6 Å². The van der Waals surface area contributed by atoms with Crippen LogP contribution in [0.15, 0.2) is 48.6 Å². The van der Waals surface area contributed by atoms with Crippen molar-refractivity contribution in [3.05, 3.63) is 48.6 Å². The van der Waals surface area contributed by atoms with Crippen molar-refractivity contribution in [1.82, 2.24) is 5.32 Å². The van der Waals surface area contributed by atoms with Gasteiger partial charge in [-0.1, -0.05) is 229 Å². The van der Waals surface area contributed by atoms with Crippen LogP contribution in [0.5, 0.6) is 0 Å². The first kappa shape index (κ1) is 55.3. The van der Waals surface area contributed by atoms with Crippen LogP contribution >= 0.6 is 0 Å². The van der Waals surface area contributed by atoms with Crippen LogP contribution < -0.4 is 5.32 Å². The van der Waals surface area contributed by atoms with E-state index in [2.05, 4.69) is 55.6 Å². The Hall–Kier alpha value is -1.69. The fourth-order valence-corrected chi connectivity index (χ4v) is 7.50. The van der Waals surface area contributed by atoms with E-state index in [4.69, 9.17) is 0 Å². The number of allylic oxidation sites excluding steroid dienone is 7. The summed E-state index contributed by atoms with van der Waals surface area (Å²) in [5, 5.41) is 33.2. The van der Waals surface area contributed by atoms with E-state index >= 15 is 0 Å². The predicted octanol–water partition coefficient (Wildman–Crippen LogP) is 14.9. The summed E-state index contributed by atoms with van der Waals surface area (Å²) in [6.07, 6.45) is 61.4. The highest BCUT2D eigenvalue weighted by molar-refractivity contribution is 5.76. The molecule has 0 aliphatic rings. The van der Waals surface area contributed by atoms with Crippen LogP contribution in [0.4, 0.5) is 0 Å². The van der Waals surface area contributed by atoms with Crippen molar-refractivity contribution in [2.45, 2.75) is 270 Å².